The molecular weight excluding hydrogens is 257 g/mol. The highest BCUT2D eigenvalue weighted by molar-refractivity contribution is 5.79. The summed E-state index contributed by atoms with van der Waals surface area (Å²) in [6.45, 7) is 3.36. The lowest BCUT2D eigenvalue weighted by molar-refractivity contribution is -0.189. The van der Waals surface area contributed by atoms with E-state index in [2.05, 4.69) is 10.6 Å². The van der Waals surface area contributed by atoms with Crippen LogP contribution in [0, 0.1) is 17.8 Å². The number of carbonyl (C=O) groups excluding carboxylic acids is 1. The summed E-state index contributed by atoms with van der Waals surface area (Å²) in [6, 6.07) is -0.739. The maximum atomic E-state index is 12.9. The van der Waals surface area contributed by atoms with E-state index in [0.717, 1.165) is 19.5 Å². The Morgan fingerprint density at radius 2 is 1.89 bits per heavy atom. The maximum absolute atomic E-state index is 12.9. The Morgan fingerprint density at radius 3 is 2.42 bits per heavy atom. The Labute approximate surface area is 111 Å². The Kier molecular flexibility index (Phi) is 4.38. The van der Waals surface area contributed by atoms with Crippen LogP contribution in [0.3, 0.4) is 0 Å². The van der Waals surface area contributed by atoms with Crippen molar-refractivity contribution in [2.24, 2.45) is 17.8 Å². The molecule has 1 saturated carbocycles. The van der Waals surface area contributed by atoms with Crippen LogP contribution in [0.25, 0.3) is 0 Å². The summed E-state index contributed by atoms with van der Waals surface area (Å²) >= 11 is 0. The molecule has 3 atom stereocenters. The van der Waals surface area contributed by atoms with Crippen LogP contribution in [0.15, 0.2) is 0 Å². The van der Waals surface area contributed by atoms with Gasteiger partial charge >= 0.3 is 6.18 Å². The van der Waals surface area contributed by atoms with Gasteiger partial charge in [-0.25, -0.2) is 0 Å². The summed E-state index contributed by atoms with van der Waals surface area (Å²) in [5.41, 5.74) is 0. The van der Waals surface area contributed by atoms with Gasteiger partial charge in [0.25, 0.3) is 0 Å². The van der Waals surface area contributed by atoms with Gasteiger partial charge in [-0.1, -0.05) is 19.8 Å². The van der Waals surface area contributed by atoms with E-state index in [1.165, 1.54) is 0 Å². The second-order valence-corrected chi connectivity index (χ2v) is 5.75. The van der Waals surface area contributed by atoms with Crippen molar-refractivity contribution in [1.82, 2.24) is 10.6 Å². The number of nitrogens with one attached hydrogen (secondary N) is 2. The minimum Gasteiger partial charge on any atom is -0.353 e. The van der Waals surface area contributed by atoms with Crippen LogP contribution in [0.1, 0.15) is 32.6 Å². The van der Waals surface area contributed by atoms with E-state index in [0.29, 0.717) is 12.8 Å². The minimum absolute atomic E-state index is 0.133. The fraction of sp³-hybridized carbons (Fsp3) is 0.923. The predicted octanol–water partition coefficient (Wildman–Crippen LogP) is 2.08. The molecule has 0 aromatic rings. The normalized spacial score (nSPS) is 30.5. The van der Waals surface area contributed by atoms with Gasteiger partial charge in [-0.15, -0.1) is 0 Å². The number of alkyl halides is 3. The van der Waals surface area contributed by atoms with Gasteiger partial charge in [-0.3, -0.25) is 4.79 Å². The summed E-state index contributed by atoms with van der Waals surface area (Å²) < 4.78 is 38.8. The quantitative estimate of drug-likeness (QED) is 0.830. The Morgan fingerprint density at radius 1 is 1.26 bits per heavy atom. The van der Waals surface area contributed by atoms with Crippen molar-refractivity contribution in [3.05, 3.63) is 0 Å². The molecule has 0 radical (unpaired) electrons. The highest BCUT2D eigenvalue weighted by Gasteiger charge is 2.46. The van der Waals surface area contributed by atoms with Gasteiger partial charge in [0.15, 0.2) is 0 Å². The van der Waals surface area contributed by atoms with Crippen LogP contribution >= 0.6 is 0 Å². The van der Waals surface area contributed by atoms with E-state index in [-0.39, 0.29) is 24.2 Å². The third-order valence-electron chi connectivity index (χ3n) is 4.45. The smallest absolute Gasteiger partial charge is 0.353 e. The third-order valence-corrected chi connectivity index (χ3v) is 4.45. The Hall–Kier alpha value is -0.780. The molecule has 2 fully saturated rings. The molecule has 2 rings (SSSR count). The lowest BCUT2D eigenvalue weighted by Gasteiger charge is -2.36. The molecule has 19 heavy (non-hydrogen) atoms. The number of hydrogen-bond donors (Lipinski definition) is 2. The van der Waals surface area contributed by atoms with E-state index < -0.39 is 18.1 Å². The molecule has 0 spiro atoms. The molecule has 2 N–H and O–H groups in total. The van der Waals surface area contributed by atoms with Crippen molar-refractivity contribution in [2.45, 2.75) is 44.8 Å². The first-order valence-electron chi connectivity index (χ1n) is 6.97. The SMILES string of the molecule is CC(C(=O)NC1CCCCC1C(F)(F)F)C1CNC1. The minimum atomic E-state index is -4.21. The average molecular weight is 278 g/mol. The number of carbonyl (C=O) groups is 1. The van der Waals surface area contributed by atoms with Gasteiger partial charge in [0, 0.05) is 12.0 Å². The van der Waals surface area contributed by atoms with Crippen molar-refractivity contribution in [3.8, 4) is 0 Å². The van der Waals surface area contributed by atoms with E-state index in [4.69, 9.17) is 0 Å². The zero-order valence-corrected chi connectivity index (χ0v) is 11.1. The van der Waals surface area contributed by atoms with Crippen LogP contribution in [-0.2, 0) is 4.79 Å². The molecule has 3 unspecified atom stereocenters. The van der Waals surface area contributed by atoms with Crippen molar-refractivity contribution in [3.63, 3.8) is 0 Å². The zero-order chi connectivity index (χ0) is 14.0. The van der Waals surface area contributed by atoms with Gasteiger partial charge < -0.3 is 10.6 Å². The fourth-order valence-corrected chi connectivity index (χ4v) is 2.89. The van der Waals surface area contributed by atoms with Crippen molar-refractivity contribution >= 4 is 5.91 Å². The maximum Gasteiger partial charge on any atom is 0.393 e. The van der Waals surface area contributed by atoms with Crippen LogP contribution < -0.4 is 10.6 Å². The molecule has 0 bridgehead atoms. The topological polar surface area (TPSA) is 41.1 Å². The van der Waals surface area contributed by atoms with Crippen molar-refractivity contribution in [2.75, 3.05) is 13.1 Å². The average Bonchev–Trinajstić information content (AvgIpc) is 2.25. The fourth-order valence-electron chi connectivity index (χ4n) is 2.89. The van der Waals surface area contributed by atoms with Crippen LogP contribution in [0.2, 0.25) is 0 Å². The second kappa shape index (κ2) is 5.69. The third kappa shape index (κ3) is 3.41. The highest BCUT2D eigenvalue weighted by atomic mass is 19.4. The van der Waals surface area contributed by atoms with Crippen LogP contribution in [-0.4, -0.2) is 31.2 Å². The predicted molar refractivity (Wildman–Crippen MR) is 65.5 cm³/mol. The molecule has 110 valence electrons. The molecule has 1 amide bonds. The molecule has 2 aliphatic rings. The summed E-state index contributed by atoms with van der Waals surface area (Å²) in [7, 11) is 0. The van der Waals surface area contributed by atoms with Gasteiger partial charge in [-0.05, 0) is 31.8 Å². The first kappa shape index (κ1) is 14.6. The van der Waals surface area contributed by atoms with Crippen molar-refractivity contribution < 1.29 is 18.0 Å². The number of amides is 1. The van der Waals surface area contributed by atoms with Gasteiger partial charge in [-0.2, -0.15) is 13.2 Å². The van der Waals surface area contributed by atoms with Crippen LogP contribution in [0.4, 0.5) is 13.2 Å². The molecule has 0 aromatic heterocycles. The summed E-state index contributed by atoms with van der Waals surface area (Å²) in [5, 5.41) is 5.71. The van der Waals surface area contributed by atoms with E-state index in [1.807, 2.05) is 0 Å². The molecular formula is C13H21F3N2O. The van der Waals surface area contributed by atoms with E-state index in [9.17, 15) is 18.0 Å². The van der Waals surface area contributed by atoms with Gasteiger partial charge in [0.1, 0.15) is 0 Å². The molecule has 0 aromatic carbocycles. The van der Waals surface area contributed by atoms with Crippen LogP contribution in [0.5, 0.6) is 0 Å². The first-order valence-corrected chi connectivity index (χ1v) is 6.97. The Balaban J connectivity index is 1.93. The summed E-state index contributed by atoms with van der Waals surface area (Å²) in [5.74, 6) is -1.56. The number of hydrogen-bond acceptors (Lipinski definition) is 2. The lowest BCUT2D eigenvalue weighted by Crippen LogP contribution is -2.53. The van der Waals surface area contributed by atoms with Gasteiger partial charge in [0.2, 0.25) is 5.91 Å². The molecule has 1 aliphatic heterocycles. The number of rotatable bonds is 3. The molecule has 1 aliphatic carbocycles. The van der Waals surface area contributed by atoms with Crippen molar-refractivity contribution in [1.29, 1.82) is 0 Å². The lowest BCUT2D eigenvalue weighted by atomic mass is 9.82. The molecule has 6 heteroatoms. The molecule has 1 heterocycles. The van der Waals surface area contributed by atoms with Gasteiger partial charge in [0.05, 0.1) is 5.92 Å². The zero-order valence-electron chi connectivity index (χ0n) is 11.1. The van der Waals surface area contributed by atoms with E-state index in [1.54, 1.807) is 6.92 Å². The van der Waals surface area contributed by atoms with E-state index >= 15 is 0 Å². The largest absolute Gasteiger partial charge is 0.393 e. The monoisotopic (exact) mass is 278 g/mol. The first-order chi connectivity index (χ1) is 8.89. The second-order valence-electron chi connectivity index (χ2n) is 5.75. The number of halogens is 3. The molecule has 1 saturated heterocycles. The summed E-state index contributed by atoms with van der Waals surface area (Å²) in [6.07, 6.45) is -2.28. The summed E-state index contributed by atoms with van der Waals surface area (Å²) in [4.78, 5) is 12.0. The standard InChI is InChI=1S/C13H21F3N2O/c1-8(9-6-17-7-9)12(19)18-11-5-3-2-4-10(11)13(14,15)16/h8-11,17H,2-7H2,1H3,(H,18,19). The highest BCUT2D eigenvalue weighted by Crippen LogP contribution is 2.37. The molecule has 3 nitrogen and oxygen atoms in total. The Bertz CT molecular complexity index is 328.